The molecule has 1 rings (SSSR count). The van der Waals surface area contributed by atoms with E-state index in [4.69, 9.17) is 12.2 Å². The fourth-order valence-corrected chi connectivity index (χ4v) is 3.38. The maximum atomic E-state index is 12.6. The first-order chi connectivity index (χ1) is 12.2. The number of nitrogens with one attached hydrogen (secondary N) is 3. The van der Waals surface area contributed by atoms with Crippen LogP contribution in [0.25, 0.3) is 0 Å². The molecule has 2 amide bonds. The Morgan fingerprint density at radius 2 is 1.44 bits per heavy atom. The van der Waals surface area contributed by atoms with Crippen LogP contribution in [-0.4, -0.2) is 54.0 Å². The third-order valence-electron chi connectivity index (χ3n) is 4.91. The third-order valence-corrected chi connectivity index (χ3v) is 5.15. The summed E-state index contributed by atoms with van der Waals surface area (Å²) in [5.74, 6) is 0.0447. The van der Waals surface area contributed by atoms with E-state index in [1.807, 2.05) is 41.5 Å². The lowest BCUT2D eigenvalue weighted by molar-refractivity contribution is -0.133. The standard InChI is InChI=1S/C20H38N4O2S/c1-19(2,3)15(16(25)24(7)8)23-18(27)22-14-12-10-9-11-13(14)21-17(26)20(4,5)6/h13-15H,9-12H2,1-8H3,(H,21,26)(H2,22,23,27)/t13-,14-,15-/m1/s1. The SMILES string of the molecule is CN(C)C(=O)[C@@H](NC(=S)N[C@@H]1CCCC[C@H]1NC(=O)C(C)(C)C)C(C)(C)C. The van der Waals surface area contributed by atoms with Gasteiger partial charge in [0.05, 0.1) is 0 Å². The van der Waals surface area contributed by atoms with E-state index < -0.39 is 11.5 Å². The highest BCUT2D eigenvalue weighted by Gasteiger charge is 2.35. The largest absolute Gasteiger partial charge is 0.358 e. The summed E-state index contributed by atoms with van der Waals surface area (Å²) >= 11 is 5.52. The van der Waals surface area contributed by atoms with Gasteiger partial charge in [0.2, 0.25) is 11.8 Å². The number of hydrogen-bond acceptors (Lipinski definition) is 3. The number of nitrogens with zero attached hydrogens (tertiary/aromatic N) is 1. The van der Waals surface area contributed by atoms with Gasteiger partial charge in [0.15, 0.2) is 5.11 Å². The van der Waals surface area contributed by atoms with Gasteiger partial charge >= 0.3 is 0 Å². The van der Waals surface area contributed by atoms with Crippen molar-refractivity contribution < 1.29 is 9.59 Å². The number of thiocarbonyl (C=S) groups is 1. The zero-order valence-electron chi connectivity index (χ0n) is 18.2. The molecule has 6 nitrogen and oxygen atoms in total. The van der Waals surface area contributed by atoms with E-state index in [9.17, 15) is 9.59 Å². The molecule has 3 N–H and O–H groups in total. The van der Waals surface area contributed by atoms with E-state index in [0.29, 0.717) is 5.11 Å². The molecule has 1 aliphatic rings. The molecule has 1 saturated carbocycles. The molecule has 27 heavy (non-hydrogen) atoms. The van der Waals surface area contributed by atoms with Crippen molar-refractivity contribution in [1.29, 1.82) is 0 Å². The van der Waals surface area contributed by atoms with Crippen LogP contribution in [0.1, 0.15) is 67.2 Å². The third kappa shape index (κ3) is 7.28. The molecular weight excluding hydrogens is 360 g/mol. The highest BCUT2D eigenvalue weighted by atomic mass is 32.1. The Balaban J connectivity index is 2.79. The molecule has 0 aliphatic heterocycles. The molecule has 0 bridgehead atoms. The number of rotatable bonds is 4. The molecule has 0 unspecified atom stereocenters. The van der Waals surface area contributed by atoms with Crippen molar-refractivity contribution in [2.75, 3.05) is 14.1 Å². The van der Waals surface area contributed by atoms with Crippen LogP contribution in [-0.2, 0) is 9.59 Å². The highest BCUT2D eigenvalue weighted by molar-refractivity contribution is 7.80. The van der Waals surface area contributed by atoms with E-state index in [1.54, 1.807) is 19.0 Å². The van der Waals surface area contributed by atoms with Crippen LogP contribution in [0, 0.1) is 10.8 Å². The molecular formula is C20H38N4O2S. The van der Waals surface area contributed by atoms with Crippen molar-refractivity contribution in [2.24, 2.45) is 10.8 Å². The topological polar surface area (TPSA) is 73.5 Å². The predicted octanol–water partition coefficient (Wildman–Crippen LogP) is 2.43. The van der Waals surface area contributed by atoms with E-state index in [2.05, 4.69) is 16.0 Å². The Kier molecular flexibility index (Phi) is 8.08. The second-order valence-corrected chi connectivity index (χ2v) is 10.3. The van der Waals surface area contributed by atoms with Crippen LogP contribution >= 0.6 is 12.2 Å². The zero-order chi connectivity index (χ0) is 21.0. The molecule has 0 spiro atoms. The molecule has 0 radical (unpaired) electrons. The maximum absolute atomic E-state index is 12.6. The number of amides is 2. The van der Waals surface area contributed by atoms with Crippen LogP contribution in [0.3, 0.4) is 0 Å². The summed E-state index contributed by atoms with van der Waals surface area (Å²) < 4.78 is 0. The average molecular weight is 399 g/mol. The summed E-state index contributed by atoms with van der Waals surface area (Å²) in [4.78, 5) is 26.5. The molecule has 1 fully saturated rings. The van der Waals surface area contributed by atoms with Gasteiger partial charge in [0.25, 0.3) is 0 Å². The average Bonchev–Trinajstić information content (AvgIpc) is 2.51. The minimum Gasteiger partial charge on any atom is -0.358 e. The second-order valence-electron chi connectivity index (χ2n) is 9.87. The van der Waals surface area contributed by atoms with E-state index >= 15 is 0 Å². The second kappa shape index (κ2) is 9.22. The molecule has 7 heteroatoms. The van der Waals surface area contributed by atoms with Gasteiger partial charge in [-0.15, -0.1) is 0 Å². The maximum Gasteiger partial charge on any atom is 0.245 e. The summed E-state index contributed by atoms with van der Waals surface area (Å²) in [5.41, 5.74) is -0.699. The van der Waals surface area contributed by atoms with E-state index in [1.165, 1.54) is 0 Å². The lowest BCUT2D eigenvalue weighted by Gasteiger charge is -2.37. The molecule has 1 aliphatic carbocycles. The Labute approximate surface area is 170 Å². The summed E-state index contributed by atoms with van der Waals surface area (Å²) in [7, 11) is 3.50. The van der Waals surface area contributed by atoms with Gasteiger partial charge in [-0.05, 0) is 30.5 Å². The summed E-state index contributed by atoms with van der Waals surface area (Å²) in [6, 6.07) is -0.304. The first-order valence-electron chi connectivity index (χ1n) is 9.82. The van der Waals surface area contributed by atoms with Gasteiger partial charge in [-0.2, -0.15) is 0 Å². The lowest BCUT2D eigenvalue weighted by Crippen LogP contribution is -2.60. The monoisotopic (exact) mass is 398 g/mol. The van der Waals surface area contributed by atoms with Crippen LogP contribution in [0.4, 0.5) is 0 Å². The lowest BCUT2D eigenvalue weighted by atomic mass is 9.86. The Bertz CT molecular complexity index is 549. The van der Waals surface area contributed by atoms with Crippen molar-refractivity contribution >= 4 is 29.1 Å². The van der Waals surface area contributed by atoms with Crippen molar-refractivity contribution in [3.05, 3.63) is 0 Å². The van der Waals surface area contributed by atoms with Crippen molar-refractivity contribution in [2.45, 2.75) is 85.4 Å². The van der Waals surface area contributed by atoms with Crippen LogP contribution in [0.2, 0.25) is 0 Å². The van der Waals surface area contributed by atoms with Gasteiger partial charge in [-0.1, -0.05) is 54.4 Å². The van der Waals surface area contributed by atoms with Gasteiger partial charge in [0, 0.05) is 31.6 Å². The summed E-state index contributed by atoms with van der Waals surface area (Å²) in [6.07, 6.45) is 4.07. The Hall–Kier alpha value is -1.37. The first-order valence-corrected chi connectivity index (χ1v) is 10.2. The quantitative estimate of drug-likeness (QED) is 0.634. The van der Waals surface area contributed by atoms with E-state index in [-0.39, 0.29) is 29.3 Å². The Morgan fingerprint density at radius 1 is 0.963 bits per heavy atom. The number of carbonyl (C=O) groups excluding carboxylic acids is 2. The fraction of sp³-hybridized carbons (Fsp3) is 0.850. The zero-order valence-corrected chi connectivity index (χ0v) is 19.0. The fourth-order valence-electron chi connectivity index (χ4n) is 3.11. The van der Waals surface area contributed by atoms with Crippen molar-refractivity contribution in [3.8, 4) is 0 Å². The van der Waals surface area contributed by atoms with Gasteiger partial charge in [0.1, 0.15) is 6.04 Å². The number of likely N-dealkylation sites (N-methyl/N-ethyl adjacent to an activating group) is 1. The highest BCUT2D eigenvalue weighted by Crippen LogP contribution is 2.23. The van der Waals surface area contributed by atoms with Crippen LogP contribution in [0.15, 0.2) is 0 Å². The van der Waals surface area contributed by atoms with Crippen molar-refractivity contribution in [3.63, 3.8) is 0 Å². The smallest absolute Gasteiger partial charge is 0.245 e. The molecule has 0 aromatic rings. The molecule has 156 valence electrons. The molecule has 0 aromatic heterocycles. The summed E-state index contributed by atoms with van der Waals surface area (Å²) in [5, 5.41) is 10.2. The molecule has 0 aromatic carbocycles. The van der Waals surface area contributed by atoms with Gasteiger partial charge < -0.3 is 20.9 Å². The van der Waals surface area contributed by atoms with E-state index in [0.717, 1.165) is 25.7 Å². The minimum atomic E-state index is -0.420. The molecule has 0 heterocycles. The predicted molar refractivity (Wildman–Crippen MR) is 114 cm³/mol. The van der Waals surface area contributed by atoms with Crippen molar-refractivity contribution in [1.82, 2.24) is 20.9 Å². The minimum absolute atomic E-state index is 0.00659. The molecule has 0 saturated heterocycles. The Morgan fingerprint density at radius 3 is 1.85 bits per heavy atom. The van der Waals surface area contributed by atoms with Crippen LogP contribution in [0.5, 0.6) is 0 Å². The normalized spacial score (nSPS) is 21.8. The van der Waals surface area contributed by atoms with Crippen LogP contribution < -0.4 is 16.0 Å². The van der Waals surface area contributed by atoms with Gasteiger partial charge in [-0.3, -0.25) is 9.59 Å². The number of hydrogen-bond donors (Lipinski definition) is 3. The summed E-state index contributed by atoms with van der Waals surface area (Å²) in [6.45, 7) is 11.8. The van der Waals surface area contributed by atoms with Gasteiger partial charge in [-0.25, -0.2) is 0 Å². The first kappa shape index (κ1) is 23.7. The number of carbonyl (C=O) groups is 2. The molecule has 3 atom stereocenters.